The van der Waals surface area contributed by atoms with Gasteiger partial charge >= 0.3 is 6.03 Å². The Labute approximate surface area is 111 Å². The van der Waals surface area contributed by atoms with E-state index in [9.17, 15) is 9.59 Å². The Morgan fingerprint density at radius 2 is 2.17 bits per heavy atom. The number of amides is 3. The number of hydrogen-bond donors (Lipinski definition) is 1. The van der Waals surface area contributed by atoms with Crippen molar-refractivity contribution in [3.63, 3.8) is 0 Å². The zero-order valence-electron chi connectivity index (χ0n) is 10.6. The lowest BCUT2D eigenvalue weighted by Crippen LogP contribution is -2.43. The Bertz CT molecular complexity index is 449. The summed E-state index contributed by atoms with van der Waals surface area (Å²) >= 11 is 5.56. The number of urea groups is 1. The van der Waals surface area contributed by atoms with Gasteiger partial charge in [-0.15, -0.1) is 11.6 Å². The van der Waals surface area contributed by atoms with Crippen LogP contribution in [-0.2, 0) is 11.3 Å². The Kier molecular flexibility index (Phi) is 5.09. The zero-order chi connectivity index (χ0) is 13.7. The summed E-state index contributed by atoms with van der Waals surface area (Å²) in [7, 11) is 1.59. The van der Waals surface area contributed by atoms with Crippen molar-refractivity contribution in [1.82, 2.24) is 15.2 Å². The zero-order valence-corrected chi connectivity index (χ0v) is 11.4. The standard InChI is InChI=1S/C12H16ClN3O2/c1-8-5-4-6-10(14-8)7-16(3)12(18)15-11(17)9(2)13/h4-6,9H,7H2,1-3H3,(H,15,17,18). The lowest BCUT2D eigenvalue weighted by Gasteiger charge is -2.17. The van der Waals surface area contributed by atoms with Crippen molar-refractivity contribution in [1.29, 1.82) is 0 Å². The average molecular weight is 270 g/mol. The minimum Gasteiger partial charge on any atom is -0.322 e. The van der Waals surface area contributed by atoms with Crippen LogP contribution in [0.25, 0.3) is 0 Å². The van der Waals surface area contributed by atoms with Crippen molar-refractivity contribution in [2.45, 2.75) is 25.8 Å². The number of nitrogens with zero attached hydrogens (tertiary/aromatic N) is 2. The number of carbonyl (C=O) groups is 2. The summed E-state index contributed by atoms with van der Waals surface area (Å²) in [6.07, 6.45) is 0. The molecular weight excluding hydrogens is 254 g/mol. The Morgan fingerprint density at radius 1 is 1.50 bits per heavy atom. The average Bonchev–Trinajstić information content (AvgIpc) is 2.28. The van der Waals surface area contributed by atoms with E-state index in [0.717, 1.165) is 11.4 Å². The number of imide groups is 1. The molecule has 0 aromatic carbocycles. The number of carbonyl (C=O) groups excluding carboxylic acids is 2. The van der Waals surface area contributed by atoms with E-state index in [0.29, 0.717) is 6.54 Å². The molecule has 0 radical (unpaired) electrons. The smallest absolute Gasteiger partial charge is 0.322 e. The third kappa shape index (κ3) is 4.33. The number of alkyl halides is 1. The SMILES string of the molecule is Cc1cccc(CN(C)C(=O)NC(=O)C(C)Cl)n1. The van der Waals surface area contributed by atoms with Crippen LogP contribution in [0, 0.1) is 6.92 Å². The summed E-state index contributed by atoms with van der Waals surface area (Å²) in [6.45, 7) is 3.71. The molecule has 0 bridgehead atoms. The highest BCUT2D eigenvalue weighted by atomic mass is 35.5. The second-order valence-corrected chi connectivity index (χ2v) is 4.69. The van der Waals surface area contributed by atoms with E-state index >= 15 is 0 Å². The molecule has 18 heavy (non-hydrogen) atoms. The number of halogens is 1. The first-order chi connectivity index (χ1) is 8.40. The van der Waals surface area contributed by atoms with Gasteiger partial charge in [0.25, 0.3) is 0 Å². The van der Waals surface area contributed by atoms with Crippen LogP contribution in [-0.4, -0.2) is 34.2 Å². The van der Waals surface area contributed by atoms with Crippen LogP contribution in [0.15, 0.2) is 18.2 Å². The highest BCUT2D eigenvalue weighted by Gasteiger charge is 2.16. The second kappa shape index (κ2) is 6.35. The van der Waals surface area contributed by atoms with Crippen molar-refractivity contribution in [3.05, 3.63) is 29.6 Å². The molecular formula is C12H16ClN3O2. The summed E-state index contributed by atoms with van der Waals surface area (Å²) in [6, 6.07) is 5.08. The predicted octanol–water partition coefficient (Wildman–Crippen LogP) is 1.69. The van der Waals surface area contributed by atoms with Crippen molar-refractivity contribution in [2.75, 3.05) is 7.05 Å². The molecule has 1 N–H and O–H groups in total. The number of nitrogens with one attached hydrogen (secondary N) is 1. The summed E-state index contributed by atoms with van der Waals surface area (Å²) in [5.41, 5.74) is 1.64. The monoisotopic (exact) mass is 269 g/mol. The summed E-state index contributed by atoms with van der Waals surface area (Å²) in [5.74, 6) is -0.509. The normalized spacial score (nSPS) is 11.8. The minimum absolute atomic E-state index is 0.331. The summed E-state index contributed by atoms with van der Waals surface area (Å²) in [5, 5.41) is 1.47. The van der Waals surface area contributed by atoms with Crippen LogP contribution >= 0.6 is 11.6 Å². The lowest BCUT2D eigenvalue weighted by molar-refractivity contribution is -0.119. The highest BCUT2D eigenvalue weighted by Crippen LogP contribution is 2.02. The van der Waals surface area contributed by atoms with Gasteiger partial charge in [-0.25, -0.2) is 4.79 Å². The van der Waals surface area contributed by atoms with Crippen molar-refractivity contribution in [3.8, 4) is 0 Å². The molecule has 0 spiro atoms. The van der Waals surface area contributed by atoms with Crippen LogP contribution in [0.4, 0.5) is 4.79 Å². The molecule has 1 rings (SSSR count). The van der Waals surface area contributed by atoms with E-state index in [-0.39, 0.29) is 0 Å². The number of aromatic nitrogens is 1. The van der Waals surface area contributed by atoms with Crippen LogP contribution in [0.3, 0.4) is 0 Å². The van der Waals surface area contributed by atoms with E-state index in [4.69, 9.17) is 11.6 Å². The Morgan fingerprint density at radius 3 is 2.72 bits per heavy atom. The largest absolute Gasteiger partial charge is 0.324 e. The third-order valence-corrected chi connectivity index (χ3v) is 2.48. The van der Waals surface area contributed by atoms with Crippen LogP contribution in [0.1, 0.15) is 18.3 Å². The topological polar surface area (TPSA) is 62.3 Å². The van der Waals surface area contributed by atoms with Gasteiger partial charge < -0.3 is 4.90 Å². The quantitative estimate of drug-likeness (QED) is 0.850. The molecule has 98 valence electrons. The molecule has 1 aromatic heterocycles. The molecule has 1 unspecified atom stereocenters. The van der Waals surface area contributed by atoms with E-state index in [1.807, 2.05) is 25.1 Å². The van der Waals surface area contributed by atoms with Crippen LogP contribution in [0.5, 0.6) is 0 Å². The molecule has 6 heteroatoms. The molecule has 0 saturated carbocycles. The molecule has 1 heterocycles. The van der Waals surface area contributed by atoms with Gasteiger partial charge in [-0.2, -0.15) is 0 Å². The van der Waals surface area contributed by atoms with Gasteiger partial charge in [-0.05, 0) is 26.0 Å². The molecule has 0 saturated heterocycles. The molecule has 0 aliphatic carbocycles. The van der Waals surface area contributed by atoms with Crippen LogP contribution < -0.4 is 5.32 Å². The Balaban J connectivity index is 2.57. The van der Waals surface area contributed by atoms with E-state index in [2.05, 4.69) is 10.3 Å². The van der Waals surface area contributed by atoms with E-state index in [1.54, 1.807) is 7.05 Å². The molecule has 1 aromatic rings. The lowest BCUT2D eigenvalue weighted by atomic mass is 10.3. The maximum absolute atomic E-state index is 11.7. The second-order valence-electron chi connectivity index (χ2n) is 4.04. The number of hydrogen-bond acceptors (Lipinski definition) is 3. The van der Waals surface area contributed by atoms with Crippen molar-refractivity contribution in [2.24, 2.45) is 0 Å². The molecule has 5 nitrogen and oxygen atoms in total. The van der Waals surface area contributed by atoms with Gasteiger partial charge in [0.05, 0.1) is 12.2 Å². The van der Waals surface area contributed by atoms with E-state index < -0.39 is 17.3 Å². The number of pyridine rings is 1. The van der Waals surface area contributed by atoms with E-state index in [1.165, 1.54) is 11.8 Å². The predicted molar refractivity (Wildman–Crippen MR) is 69.3 cm³/mol. The van der Waals surface area contributed by atoms with Crippen LogP contribution in [0.2, 0.25) is 0 Å². The van der Waals surface area contributed by atoms with Gasteiger partial charge in [0, 0.05) is 12.7 Å². The first kappa shape index (κ1) is 14.4. The third-order valence-electron chi connectivity index (χ3n) is 2.28. The summed E-state index contributed by atoms with van der Waals surface area (Å²) in [4.78, 5) is 28.6. The number of rotatable bonds is 3. The maximum Gasteiger partial charge on any atom is 0.324 e. The molecule has 0 fully saturated rings. The fourth-order valence-electron chi connectivity index (χ4n) is 1.30. The molecule has 3 amide bonds. The number of aryl methyl sites for hydroxylation is 1. The van der Waals surface area contributed by atoms with Gasteiger partial charge in [0.1, 0.15) is 5.38 Å². The van der Waals surface area contributed by atoms with Crippen molar-refractivity contribution < 1.29 is 9.59 Å². The van der Waals surface area contributed by atoms with Gasteiger partial charge in [0.15, 0.2) is 0 Å². The minimum atomic E-state index is -0.737. The molecule has 0 aliphatic heterocycles. The maximum atomic E-state index is 11.7. The molecule has 0 aliphatic rings. The first-order valence-electron chi connectivity index (χ1n) is 5.52. The highest BCUT2D eigenvalue weighted by molar-refractivity contribution is 6.31. The fourth-order valence-corrected chi connectivity index (χ4v) is 1.36. The van der Waals surface area contributed by atoms with Gasteiger partial charge in [-0.3, -0.25) is 15.1 Å². The van der Waals surface area contributed by atoms with Gasteiger partial charge in [-0.1, -0.05) is 6.07 Å². The first-order valence-corrected chi connectivity index (χ1v) is 5.96. The van der Waals surface area contributed by atoms with Gasteiger partial charge in [0.2, 0.25) is 5.91 Å². The summed E-state index contributed by atoms with van der Waals surface area (Å²) < 4.78 is 0. The fraction of sp³-hybridized carbons (Fsp3) is 0.417. The Hall–Kier alpha value is -1.62. The molecule has 1 atom stereocenters. The van der Waals surface area contributed by atoms with Crippen molar-refractivity contribution >= 4 is 23.5 Å².